The van der Waals surface area contributed by atoms with Gasteiger partial charge in [0.25, 0.3) is 0 Å². The van der Waals surface area contributed by atoms with Crippen molar-refractivity contribution in [3.05, 3.63) is 65.7 Å². The SMILES string of the molecule is CNCC(CC1CCCCC1)NC(=O)N1CCC[C@@H](C(O)(CCCCOC)c2ccccc2OCc2ccccc2)C1. The maximum absolute atomic E-state index is 13.6. The van der Waals surface area contributed by atoms with E-state index in [1.165, 1.54) is 32.1 Å². The largest absolute Gasteiger partial charge is 0.489 e. The maximum atomic E-state index is 13.6. The van der Waals surface area contributed by atoms with Gasteiger partial charge in [0, 0.05) is 50.9 Å². The number of carbonyl (C=O) groups is 1. The summed E-state index contributed by atoms with van der Waals surface area (Å²) in [7, 11) is 3.67. The molecule has 1 aliphatic carbocycles. The van der Waals surface area contributed by atoms with Crippen molar-refractivity contribution >= 4 is 6.03 Å². The Hall–Kier alpha value is -2.61. The van der Waals surface area contributed by atoms with Gasteiger partial charge in [-0.2, -0.15) is 0 Å². The van der Waals surface area contributed by atoms with Crippen LogP contribution in [0.2, 0.25) is 0 Å². The molecule has 0 aromatic heterocycles. The number of likely N-dealkylation sites (N-methyl/N-ethyl adjacent to an activating group) is 1. The number of piperidine rings is 1. The van der Waals surface area contributed by atoms with Gasteiger partial charge in [-0.25, -0.2) is 4.79 Å². The van der Waals surface area contributed by atoms with Crippen LogP contribution in [0.25, 0.3) is 0 Å². The van der Waals surface area contributed by atoms with Gasteiger partial charge in [0.2, 0.25) is 0 Å². The third kappa shape index (κ3) is 9.19. The lowest BCUT2D eigenvalue weighted by atomic mass is 9.73. The normalized spacial score (nSPS) is 20.1. The van der Waals surface area contributed by atoms with Crippen LogP contribution in [0, 0.1) is 11.8 Å². The number of benzene rings is 2. The van der Waals surface area contributed by atoms with Crippen LogP contribution in [0.1, 0.15) is 81.8 Å². The first-order chi connectivity index (χ1) is 20.5. The Morgan fingerprint density at radius 1 is 1.02 bits per heavy atom. The van der Waals surface area contributed by atoms with E-state index < -0.39 is 5.60 Å². The Morgan fingerprint density at radius 2 is 1.79 bits per heavy atom. The first-order valence-corrected chi connectivity index (χ1v) is 16.2. The van der Waals surface area contributed by atoms with Gasteiger partial charge >= 0.3 is 6.03 Å². The highest BCUT2D eigenvalue weighted by atomic mass is 16.5. The summed E-state index contributed by atoms with van der Waals surface area (Å²) in [6, 6.07) is 18.1. The van der Waals surface area contributed by atoms with Crippen LogP contribution in [0.3, 0.4) is 0 Å². The van der Waals surface area contributed by atoms with Gasteiger partial charge in [-0.1, -0.05) is 80.6 Å². The van der Waals surface area contributed by atoms with Gasteiger partial charge < -0.3 is 30.1 Å². The summed E-state index contributed by atoms with van der Waals surface area (Å²) in [6.07, 6.45) is 11.5. The van der Waals surface area contributed by atoms with Crippen molar-refractivity contribution in [1.82, 2.24) is 15.5 Å². The Morgan fingerprint density at radius 3 is 2.55 bits per heavy atom. The average molecular weight is 580 g/mol. The van der Waals surface area contributed by atoms with Gasteiger partial charge in [-0.05, 0) is 63.1 Å². The fraction of sp³-hybridized carbons (Fsp3) is 0.629. The number of unbranched alkanes of at least 4 members (excludes halogenated alkanes) is 1. The Kier molecular flexibility index (Phi) is 13.0. The smallest absolute Gasteiger partial charge is 0.317 e. The number of urea groups is 1. The van der Waals surface area contributed by atoms with E-state index >= 15 is 0 Å². The lowest BCUT2D eigenvalue weighted by Crippen LogP contribution is -2.54. The zero-order valence-corrected chi connectivity index (χ0v) is 25.9. The first-order valence-electron chi connectivity index (χ1n) is 16.2. The molecule has 2 unspecified atom stereocenters. The zero-order chi connectivity index (χ0) is 29.6. The molecule has 42 heavy (non-hydrogen) atoms. The molecule has 1 saturated carbocycles. The van der Waals surface area contributed by atoms with E-state index in [2.05, 4.69) is 10.6 Å². The van der Waals surface area contributed by atoms with E-state index in [1.54, 1.807) is 7.11 Å². The molecule has 2 fully saturated rings. The van der Waals surface area contributed by atoms with Gasteiger partial charge in [-0.3, -0.25) is 0 Å². The molecule has 0 radical (unpaired) electrons. The third-order valence-corrected chi connectivity index (χ3v) is 9.25. The molecule has 2 aromatic rings. The lowest BCUT2D eigenvalue weighted by molar-refractivity contribution is -0.0581. The minimum Gasteiger partial charge on any atom is -0.489 e. The molecule has 1 aliphatic heterocycles. The van der Waals surface area contributed by atoms with Crippen molar-refractivity contribution in [1.29, 1.82) is 0 Å². The zero-order valence-electron chi connectivity index (χ0n) is 25.9. The van der Waals surface area contributed by atoms with E-state index in [0.717, 1.165) is 49.8 Å². The van der Waals surface area contributed by atoms with Crippen molar-refractivity contribution < 1.29 is 19.4 Å². The molecule has 0 spiro atoms. The summed E-state index contributed by atoms with van der Waals surface area (Å²) in [5.41, 5.74) is 0.781. The van der Waals surface area contributed by atoms with Crippen LogP contribution in [0.4, 0.5) is 4.79 Å². The fourth-order valence-electron chi connectivity index (χ4n) is 6.97. The van der Waals surface area contributed by atoms with Gasteiger partial charge in [0.1, 0.15) is 12.4 Å². The van der Waals surface area contributed by atoms with Crippen LogP contribution >= 0.6 is 0 Å². The number of nitrogens with zero attached hydrogens (tertiary/aromatic N) is 1. The van der Waals surface area contributed by atoms with Gasteiger partial charge in [0.05, 0.1) is 5.60 Å². The van der Waals surface area contributed by atoms with E-state index in [-0.39, 0.29) is 18.0 Å². The molecule has 2 amide bonds. The number of methoxy groups -OCH3 is 1. The number of carbonyl (C=O) groups excluding carboxylic acids is 1. The number of para-hydroxylation sites is 1. The Bertz CT molecular complexity index is 1060. The highest BCUT2D eigenvalue weighted by molar-refractivity contribution is 5.74. The number of ether oxygens (including phenoxy) is 2. The number of aliphatic hydroxyl groups is 1. The quantitative estimate of drug-likeness (QED) is 0.217. The second-order valence-corrected chi connectivity index (χ2v) is 12.4. The monoisotopic (exact) mass is 579 g/mol. The summed E-state index contributed by atoms with van der Waals surface area (Å²) in [4.78, 5) is 15.6. The molecule has 2 aliphatic rings. The van der Waals surface area contributed by atoms with E-state index in [4.69, 9.17) is 9.47 Å². The Balaban J connectivity index is 1.49. The lowest BCUT2D eigenvalue weighted by Gasteiger charge is -2.43. The summed E-state index contributed by atoms with van der Waals surface area (Å²) in [5, 5.41) is 19.2. The number of rotatable bonds is 15. The van der Waals surface area contributed by atoms with E-state index in [1.807, 2.05) is 66.5 Å². The van der Waals surface area contributed by atoms with Crippen molar-refractivity contribution in [2.45, 2.75) is 88.9 Å². The van der Waals surface area contributed by atoms with Crippen LogP contribution in [0.15, 0.2) is 54.6 Å². The molecule has 2 aromatic carbocycles. The minimum absolute atomic E-state index is 0.00824. The molecule has 7 heteroatoms. The fourth-order valence-corrected chi connectivity index (χ4v) is 6.97. The molecular weight excluding hydrogens is 526 g/mol. The maximum Gasteiger partial charge on any atom is 0.317 e. The number of amides is 2. The minimum atomic E-state index is -1.12. The molecule has 4 rings (SSSR count). The van der Waals surface area contributed by atoms with Crippen molar-refractivity contribution in [3.63, 3.8) is 0 Å². The summed E-state index contributed by atoms with van der Waals surface area (Å²) < 4.78 is 11.6. The molecular formula is C35H53N3O4. The second kappa shape index (κ2) is 16.9. The van der Waals surface area contributed by atoms with Crippen molar-refractivity contribution in [2.24, 2.45) is 11.8 Å². The predicted octanol–water partition coefficient (Wildman–Crippen LogP) is 6.25. The van der Waals surface area contributed by atoms with Crippen molar-refractivity contribution in [2.75, 3.05) is 40.4 Å². The molecule has 3 N–H and O–H groups in total. The highest BCUT2D eigenvalue weighted by Gasteiger charge is 2.43. The average Bonchev–Trinajstić information content (AvgIpc) is 3.03. The molecule has 1 saturated heterocycles. The van der Waals surface area contributed by atoms with Gasteiger partial charge in [0.15, 0.2) is 0 Å². The number of likely N-dealkylation sites (tertiary alicyclic amines) is 1. The number of nitrogens with one attached hydrogen (secondary N) is 2. The molecule has 7 nitrogen and oxygen atoms in total. The summed E-state index contributed by atoms with van der Waals surface area (Å²) in [6.45, 7) is 3.11. The Labute approximate surface area is 253 Å². The number of hydrogen-bond acceptors (Lipinski definition) is 5. The van der Waals surface area contributed by atoms with Crippen LogP contribution in [-0.2, 0) is 16.9 Å². The van der Waals surface area contributed by atoms with Crippen LogP contribution in [-0.4, -0.2) is 62.5 Å². The summed E-state index contributed by atoms with van der Waals surface area (Å²) in [5.74, 6) is 1.30. The predicted molar refractivity (Wildman–Crippen MR) is 169 cm³/mol. The van der Waals surface area contributed by atoms with Gasteiger partial charge in [-0.15, -0.1) is 0 Å². The molecule has 232 valence electrons. The topological polar surface area (TPSA) is 83.1 Å². The molecule has 3 atom stereocenters. The van der Waals surface area contributed by atoms with E-state index in [0.29, 0.717) is 44.4 Å². The molecule has 1 heterocycles. The van der Waals surface area contributed by atoms with Crippen LogP contribution < -0.4 is 15.4 Å². The summed E-state index contributed by atoms with van der Waals surface area (Å²) >= 11 is 0. The molecule has 0 bridgehead atoms. The third-order valence-electron chi connectivity index (χ3n) is 9.25. The number of hydrogen-bond donors (Lipinski definition) is 3. The van der Waals surface area contributed by atoms with E-state index in [9.17, 15) is 9.90 Å². The van der Waals surface area contributed by atoms with Crippen molar-refractivity contribution in [3.8, 4) is 5.75 Å². The van der Waals surface area contributed by atoms with Crippen LogP contribution in [0.5, 0.6) is 5.75 Å². The second-order valence-electron chi connectivity index (χ2n) is 12.4. The highest BCUT2D eigenvalue weighted by Crippen LogP contribution is 2.43. The first kappa shape index (κ1) is 32.3. The standard InChI is InChI=1S/C35H53N3O4/c1-36-25-31(24-28-14-5-3-6-15-28)37-34(39)38-22-13-18-30(26-38)35(40,21-11-12-23-41-2)32-19-9-10-20-33(32)42-27-29-16-7-4-8-17-29/h4,7-10,16-17,19-20,28,30-31,36,40H,3,5-6,11-15,18,21-27H2,1-2H3,(H,37,39)/t30-,31?,35?/m1/s1.